The summed E-state index contributed by atoms with van der Waals surface area (Å²) in [6, 6.07) is 14.0. The van der Waals surface area contributed by atoms with Crippen LogP contribution in [-0.2, 0) is 6.42 Å². The Hall–Kier alpha value is -1.85. The first kappa shape index (κ1) is 17.5. The summed E-state index contributed by atoms with van der Waals surface area (Å²) in [6.45, 7) is 2.08. The predicted octanol–water partition coefficient (Wildman–Crippen LogP) is 3.49. The van der Waals surface area contributed by atoms with Gasteiger partial charge in [-0.05, 0) is 36.3 Å². The van der Waals surface area contributed by atoms with Gasteiger partial charge in [-0.3, -0.25) is 0 Å². The second kappa shape index (κ2) is 9.33. The number of nitrogens with one attached hydrogen (secondary N) is 2. The van der Waals surface area contributed by atoms with Crippen molar-refractivity contribution >= 4 is 17.4 Å². The number of hydrogen-bond donors (Lipinski definition) is 3. The lowest BCUT2D eigenvalue weighted by Gasteiger charge is -2.21. The topological polar surface area (TPSA) is 61.4 Å². The highest BCUT2D eigenvalue weighted by atomic mass is 32.1. The second-order valence-corrected chi connectivity index (χ2v) is 6.47. The molecule has 0 aliphatic heterocycles. The molecule has 2 atom stereocenters. The Labute approximate surface area is 141 Å². The zero-order valence-corrected chi connectivity index (χ0v) is 14.2. The third kappa shape index (κ3) is 5.69. The highest BCUT2D eigenvalue weighted by Gasteiger charge is 2.18. The summed E-state index contributed by atoms with van der Waals surface area (Å²) in [4.78, 5) is 13.4. The number of aliphatic hydroxyl groups excluding tert-OH is 1. The lowest BCUT2D eigenvalue weighted by atomic mass is 10.0. The molecule has 0 saturated carbocycles. The number of carbonyl (C=O) groups excluding carboxylic acids is 1. The molecule has 1 aromatic heterocycles. The number of thiophene rings is 1. The minimum Gasteiger partial charge on any atom is -0.396 e. The number of urea groups is 1. The maximum Gasteiger partial charge on any atom is 0.315 e. The Morgan fingerprint density at radius 2 is 1.96 bits per heavy atom. The standard InChI is InChI=1S/C18H24N2O2S/c1-2-15(10-11-21)19-18(22)20-16(17-9-6-12-23-17)13-14-7-4-3-5-8-14/h3-9,12,15-16,21H,2,10-11,13H2,1H3,(H2,19,20,22). The van der Waals surface area contributed by atoms with Crippen LogP contribution in [0.5, 0.6) is 0 Å². The molecule has 0 aliphatic rings. The van der Waals surface area contributed by atoms with Crippen LogP contribution in [0.25, 0.3) is 0 Å². The van der Waals surface area contributed by atoms with E-state index < -0.39 is 0 Å². The normalized spacial score (nSPS) is 13.3. The molecule has 2 amide bonds. The summed E-state index contributed by atoms with van der Waals surface area (Å²) in [5.41, 5.74) is 1.19. The highest BCUT2D eigenvalue weighted by molar-refractivity contribution is 7.10. The van der Waals surface area contributed by atoms with E-state index in [4.69, 9.17) is 5.11 Å². The molecule has 0 aliphatic carbocycles. The largest absolute Gasteiger partial charge is 0.396 e. The van der Waals surface area contributed by atoms with Gasteiger partial charge >= 0.3 is 6.03 Å². The molecule has 0 spiro atoms. The van der Waals surface area contributed by atoms with Crippen LogP contribution >= 0.6 is 11.3 Å². The van der Waals surface area contributed by atoms with Crippen molar-refractivity contribution in [2.24, 2.45) is 0 Å². The van der Waals surface area contributed by atoms with Crippen LogP contribution in [0.1, 0.15) is 36.2 Å². The van der Waals surface area contributed by atoms with Gasteiger partial charge in [0.25, 0.3) is 0 Å². The summed E-state index contributed by atoms with van der Waals surface area (Å²) in [5, 5.41) is 17.1. The van der Waals surface area contributed by atoms with Gasteiger partial charge in [0.1, 0.15) is 0 Å². The van der Waals surface area contributed by atoms with Crippen LogP contribution in [0.3, 0.4) is 0 Å². The molecule has 23 heavy (non-hydrogen) atoms. The van der Waals surface area contributed by atoms with E-state index in [0.29, 0.717) is 6.42 Å². The van der Waals surface area contributed by atoms with E-state index in [2.05, 4.69) is 22.8 Å². The summed E-state index contributed by atoms with van der Waals surface area (Å²) < 4.78 is 0. The van der Waals surface area contributed by atoms with Crippen molar-refractivity contribution in [1.29, 1.82) is 0 Å². The average Bonchev–Trinajstić information content (AvgIpc) is 3.09. The molecule has 4 nitrogen and oxygen atoms in total. The van der Waals surface area contributed by atoms with Crippen molar-refractivity contribution < 1.29 is 9.90 Å². The lowest BCUT2D eigenvalue weighted by Crippen LogP contribution is -2.44. The third-order valence-corrected chi connectivity index (χ3v) is 4.77. The summed E-state index contributed by atoms with van der Waals surface area (Å²) in [6.07, 6.45) is 2.13. The molecular weight excluding hydrogens is 308 g/mol. The minimum absolute atomic E-state index is 0.000658. The molecule has 1 heterocycles. The van der Waals surface area contributed by atoms with Gasteiger partial charge in [-0.15, -0.1) is 11.3 Å². The smallest absolute Gasteiger partial charge is 0.315 e. The summed E-state index contributed by atoms with van der Waals surface area (Å²) in [7, 11) is 0. The summed E-state index contributed by atoms with van der Waals surface area (Å²) in [5.74, 6) is 0. The van der Waals surface area contributed by atoms with E-state index in [1.54, 1.807) is 11.3 Å². The maximum absolute atomic E-state index is 12.3. The zero-order valence-electron chi connectivity index (χ0n) is 13.4. The maximum atomic E-state index is 12.3. The number of amides is 2. The van der Waals surface area contributed by atoms with E-state index in [9.17, 15) is 4.79 Å². The van der Waals surface area contributed by atoms with Crippen LogP contribution < -0.4 is 10.6 Å². The van der Waals surface area contributed by atoms with Gasteiger partial charge < -0.3 is 15.7 Å². The first-order chi connectivity index (χ1) is 11.2. The zero-order chi connectivity index (χ0) is 16.5. The van der Waals surface area contributed by atoms with E-state index in [0.717, 1.165) is 17.7 Å². The van der Waals surface area contributed by atoms with Crippen LogP contribution in [-0.4, -0.2) is 23.8 Å². The molecule has 124 valence electrons. The number of carbonyl (C=O) groups is 1. The first-order valence-corrected chi connectivity index (χ1v) is 8.86. The quantitative estimate of drug-likeness (QED) is 0.693. The predicted molar refractivity (Wildman–Crippen MR) is 94.7 cm³/mol. The van der Waals surface area contributed by atoms with E-state index >= 15 is 0 Å². The van der Waals surface area contributed by atoms with E-state index in [1.165, 1.54) is 5.56 Å². The minimum atomic E-state index is -0.181. The average molecular weight is 332 g/mol. The van der Waals surface area contributed by atoms with Gasteiger partial charge in [-0.1, -0.05) is 43.3 Å². The molecule has 2 aromatic rings. The number of rotatable bonds is 8. The molecule has 0 bridgehead atoms. The van der Waals surface area contributed by atoms with Crippen molar-refractivity contribution in [2.45, 2.75) is 38.3 Å². The Morgan fingerprint density at radius 1 is 1.17 bits per heavy atom. The molecule has 0 saturated heterocycles. The second-order valence-electron chi connectivity index (χ2n) is 5.49. The van der Waals surface area contributed by atoms with Crippen LogP contribution in [0, 0.1) is 0 Å². The van der Waals surface area contributed by atoms with Crippen molar-refractivity contribution in [3.63, 3.8) is 0 Å². The van der Waals surface area contributed by atoms with Gasteiger partial charge in [0.2, 0.25) is 0 Å². The highest BCUT2D eigenvalue weighted by Crippen LogP contribution is 2.23. The molecule has 1 aromatic carbocycles. The molecule has 0 fully saturated rings. The number of hydrogen-bond acceptors (Lipinski definition) is 3. The van der Waals surface area contributed by atoms with Gasteiger partial charge in [0.05, 0.1) is 6.04 Å². The van der Waals surface area contributed by atoms with Gasteiger partial charge in [0, 0.05) is 17.5 Å². The first-order valence-electron chi connectivity index (χ1n) is 7.98. The fraction of sp³-hybridized carbons (Fsp3) is 0.389. The third-order valence-electron chi connectivity index (χ3n) is 3.78. The molecule has 3 N–H and O–H groups in total. The Morgan fingerprint density at radius 3 is 2.57 bits per heavy atom. The Balaban J connectivity index is 2.02. The SMILES string of the molecule is CCC(CCO)NC(=O)NC(Cc1ccccc1)c1cccs1. The Bertz CT molecular complexity index is 572. The fourth-order valence-corrected chi connectivity index (χ4v) is 3.26. The molecule has 2 unspecified atom stereocenters. The number of benzene rings is 1. The van der Waals surface area contributed by atoms with Crippen LogP contribution in [0.2, 0.25) is 0 Å². The summed E-state index contributed by atoms with van der Waals surface area (Å²) >= 11 is 1.64. The van der Waals surface area contributed by atoms with E-state index in [1.807, 2.05) is 42.6 Å². The van der Waals surface area contributed by atoms with Crippen LogP contribution in [0.15, 0.2) is 47.8 Å². The fourth-order valence-electron chi connectivity index (χ4n) is 2.48. The van der Waals surface area contributed by atoms with Crippen molar-refractivity contribution in [2.75, 3.05) is 6.61 Å². The van der Waals surface area contributed by atoms with Gasteiger partial charge in [-0.2, -0.15) is 0 Å². The molecule has 0 radical (unpaired) electrons. The molecule has 5 heteroatoms. The van der Waals surface area contributed by atoms with E-state index in [-0.39, 0.29) is 24.7 Å². The lowest BCUT2D eigenvalue weighted by molar-refractivity contribution is 0.225. The van der Waals surface area contributed by atoms with Gasteiger partial charge in [-0.25, -0.2) is 4.79 Å². The van der Waals surface area contributed by atoms with Crippen molar-refractivity contribution in [1.82, 2.24) is 10.6 Å². The molecule has 2 rings (SSSR count). The Kier molecular flexibility index (Phi) is 7.10. The van der Waals surface area contributed by atoms with Gasteiger partial charge in [0.15, 0.2) is 0 Å². The van der Waals surface area contributed by atoms with Crippen molar-refractivity contribution in [3.05, 3.63) is 58.3 Å². The monoisotopic (exact) mass is 332 g/mol. The van der Waals surface area contributed by atoms with Crippen molar-refractivity contribution in [3.8, 4) is 0 Å². The van der Waals surface area contributed by atoms with Crippen LogP contribution in [0.4, 0.5) is 4.79 Å². The molecular formula is C18H24N2O2S. The number of aliphatic hydroxyl groups is 1.